The van der Waals surface area contributed by atoms with E-state index in [9.17, 15) is 4.79 Å². The number of amides is 1. The highest BCUT2D eigenvalue weighted by Crippen LogP contribution is 2.60. The van der Waals surface area contributed by atoms with Gasteiger partial charge in [0.25, 0.3) is 0 Å². The van der Waals surface area contributed by atoms with Crippen LogP contribution >= 0.6 is 0 Å². The molecule has 4 heteroatoms. The highest BCUT2D eigenvalue weighted by molar-refractivity contribution is 5.83. The number of hydrogen-bond acceptors (Lipinski definition) is 3. The van der Waals surface area contributed by atoms with Crippen LogP contribution in [-0.4, -0.2) is 42.6 Å². The number of likely N-dealkylation sites (tertiary alicyclic amines) is 1. The number of carbonyl (C=O) groups excluding carboxylic acids is 1. The van der Waals surface area contributed by atoms with Crippen LogP contribution in [0.3, 0.4) is 0 Å². The van der Waals surface area contributed by atoms with Crippen LogP contribution < -0.4 is 10.6 Å². The summed E-state index contributed by atoms with van der Waals surface area (Å²) in [6, 6.07) is 1.02. The SMILES string of the molecule is CN1CCC2C(NC(=O)C34CC5CC(CC(C5)C3)C4)C3CCCCC3NC21. The standard InChI is InChI=1S/C23H37N3O/c1-26-7-6-18-20(17-4-2-3-5-19(17)24-21(18)26)25-22(27)23-11-14-8-15(12-23)10-16(9-14)13-23/h14-21,24H,2-13H2,1H3,(H,25,27). The minimum Gasteiger partial charge on any atom is -0.352 e. The molecule has 2 aliphatic heterocycles. The first kappa shape index (κ1) is 17.3. The molecule has 5 aliphatic carbocycles. The van der Waals surface area contributed by atoms with Crippen LogP contribution in [0.1, 0.15) is 70.6 Å². The molecule has 4 bridgehead atoms. The van der Waals surface area contributed by atoms with E-state index in [1.807, 2.05) is 0 Å². The highest BCUT2D eigenvalue weighted by Gasteiger charge is 2.56. The smallest absolute Gasteiger partial charge is 0.226 e. The summed E-state index contributed by atoms with van der Waals surface area (Å²) in [5, 5.41) is 7.74. The van der Waals surface area contributed by atoms with Crippen LogP contribution in [0.4, 0.5) is 0 Å². The van der Waals surface area contributed by atoms with Crippen LogP contribution in [0.5, 0.6) is 0 Å². The van der Waals surface area contributed by atoms with Gasteiger partial charge in [0, 0.05) is 23.4 Å². The monoisotopic (exact) mass is 371 g/mol. The third kappa shape index (κ3) is 2.65. The number of nitrogens with one attached hydrogen (secondary N) is 2. The summed E-state index contributed by atoms with van der Waals surface area (Å²) in [6.07, 6.45) is 14.8. The Labute approximate surface area is 164 Å². The lowest BCUT2D eigenvalue weighted by molar-refractivity contribution is -0.148. The second kappa shape index (κ2) is 6.19. The summed E-state index contributed by atoms with van der Waals surface area (Å²) in [6.45, 7) is 1.17. The molecule has 150 valence electrons. The highest BCUT2D eigenvalue weighted by atomic mass is 16.2. The lowest BCUT2D eigenvalue weighted by Gasteiger charge is -2.56. The van der Waals surface area contributed by atoms with Gasteiger partial charge in [0.15, 0.2) is 0 Å². The van der Waals surface area contributed by atoms with Gasteiger partial charge in [0.05, 0.1) is 6.17 Å². The third-order valence-corrected chi connectivity index (χ3v) is 9.64. The second-order valence-corrected chi connectivity index (χ2v) is 11.3. The van der Waals surface area contributed by atoms with E-state index in [-0.39, 0.29) is 5.41 Å². The second-order valence-electron chi connectivity index (χ2n) is 11.3. The normalized spacial score (nSPS) is 53.8. The van der Waals surface area contributed by atoms with E-state index in [2.05, 4.69) is 22.6 Å². The summed E-state index contributed by atoms with van der Waals surface area (Å²) in [7, 11) is 2.26. The zero-order chi connectivity index (χ0) is 18.2. The molecule has 0 radical (unpaired) electrons. The Hall–Kier alpha value is -0.610. The molecule has 5 saturated carbocycles. The van der Waals surface area contributed by atoms with Gasteiger partial charge in [-0.2, -0.15) is 0 Å². The van der Waals surface area contributed by atoms with E-state index >= 15 is 0 Å². The molecule has 0 spiro atoms. The van der Waals surface area contributed by atoms with Gasteiger partial charge in [-0.15, -0.1) is 0 Å². The molecular weight excluding hydrogens is 334 g/mol. The Balaban J connectivity index is 1.26. The van der Waals surface area contributed by atoms with Crippen molar-refractivity contribution in [2.75, 3.05) is 13.6 Å². The first-order valence-electron chi connectivity index (χ1n) is 11.9. The van der Waals surface area contributed by atoms with Gasteiger partial charge in [0.1, 0.15) is 0 Å². The van der Waals surface area contributed by atoms with E-state index in [1.165, 1.54) is 77.2 Å². The third-order valence-electron chi connectivity index (χ3n) is 9.64. The summed E-state index contributed by atoms with van der Waals surface area (Å²) in [5.41, 5.74) is 0.00376. The lowest BCUT2D eigenvalue weighted by atomic mass is 9.49. The Morgan fingerprint density at radius 2 is 1.63 bits per heavy atom. The molecule has 0 aromatic rings. The molecule has 0 aromatic heterocycles. The van der Waals surface area contributed by atoms with Crippen LogP contribution in [0, 0.1) is 35.0 Å². The number of nitrogens with zero attached hydrogens (tertiary/aromatic N) is 1. The van der Waals surface area contributed by atoms with Gasteiger partial charge in [-0.1, -0.05) is 12.8 Å². The quantitative estimate of drug-likeness (QED) is 0.784. The molecule has 5 unspecified atom stereocenters. The van der Waals surface area contributed by atoms with Gasteiger partial charge in [0.2, 0.25) is 5.91 Å². The Bertz CT molecular complexity index is 579. The van der Waals surface area contributed by atoms with Crippen molar-refractivity contribution in [3.63, 3.8) is 0 Å². The van der Waals surface area contributed by atoms with E-state index in [1.54, 1.807) is 0 Å². The van der Waals surface area contributed by atoms with Crippen LogP contribution in [0.15, 0.2) is 0 Å². The topological polar surface area (TPSA) is 44.4 Å². The molecule has 27 heavy (non-hydrogen) atoms. The maximum Gasteiger partial charge on any atom is 0.226 e. The van der Waals surface area contributed by atoms with Crippen LogP contribution in [-0.2, 0) is 4.79 Å². The van der Waals surface area contributed by atoms with Crippen molar-refractivity contribution in [2.24, 2.45) is 35.0 Å². The van der Waals surface area contributed by atoms with Gasteiger partial charge in [-0.25, -0.2) is 0 Å². The van der Waals surface area contributed by atoms with Crippen molar-refractivity contribution in [1.82, 2.24) is 15.5 Å². The minimum atomic E-state index is 0.00376. The fourth-order valence-electron chi connectivity index (χ4n) is 8.84. The van der Waals surface area contributed by atoms with Crippen molar-refractivity contribution in [3.05, 3.63) is 0 Å². The predicted octanol–water partition coefficient (Wildman–Crippen LogP) is 3.13. The molecule has 2 saturated heterocycles. The molecule has 0 aromatic carbocycles. The van der Waals surface area contributed by atoms with Crippen molar-refractivity contribution in [1.29, 1.82) is 0 Å². The molecule has 7 rings (SSSR count). The number of piperidine rings is 1. The average molecular weight is 372 g/mol. The van der Waals surface area contributed by atoms with Gasteiger partial charge in [-0.05, 0) is 95.1 Å². The van der Waals surface area contributed by atoms with Crippen molar-refractivity contribution >= 4 is 5.91 Å². The van der Waals surface area contributed by atoms with Crippen LogP contribution in [0.2, 0.25) is 0 Å². The van der Waals surface area contributed by atoms with Crippen molar-refractivity contribution in [3.8, 4) is 0 Å². The average Bonchev–Trinajstić information content (AvgIpc) is 3.01. The first-order chi connectivity index (χ1) is 13.1. The summed E-state index contributed by atoms with van der Waals surface area (Å²) in [4.78, 5) is 16.3. The minimum absolute atomic E-state index is 0.00376. The number of carbonyl (C=O) groups is 1. The van der Waals surface area contributed by atoms with Crippen molar-refractivity contribution < 1.29 is 4.79 Å². The zero-order valence-electron chi connectivity index (χ0n) is 17.0. The van der Waals surface area contributed by atoms with E-state index in [4.69, 9.17) is 0 Å². The van der Waals surface area contributed by atoms with E-state index in [0.29, 0.717) is 36.0 Å². The summed E-state index contributed by atoms with van der Waals surface area (Å²) in [5.74, 6) is 4.27. The first-order valence-corrected chi connectivity index (χ1v) is 11.9. The molecular formula is C23H37N3O. The summed E-state index contributed by atoms with van der Waals surface area (Å²) < 4.78 is 0. The number of rotatable bonds is 2. The molecule has 7 fully saturated rings. The zero-order valence-corrected chi connectivity index (χ0v) is 17.0. The molecule has 5 atom stereocenters. The largest absolute Gasteiger partial charge is 0.352 e. The predicted molar refractivity (Wildman–Crippen MR) is 106 cm³/mol. The lowest BCUT2D eigenvalue weighted by Crippen LogP contribution is -2.67. The Kier molecular flexibility index (Phi) is 3.96. The molecule has 2 N–H and O–H groups in total. The Morgan fingerprint density at radius 1 is 0.963 bits per heavy atom. The fourth-order valence-corrected chi connectivity index (χ4v) is 8.84. The van der Waals surface area contributed by atoms with Gasteiger partial charge >= 0.3 is 0 Å². The molecule has 7 aliphatic rings. The Morgan fingerprint density at radius 3 is 2.33 bits per heavy atom. The number of fused-ring (bicyclic) bond motifs is 2. The van der Waals surface area contributed by atoms with Gasteiger partial charge < -0.3 is 5.32 Å². The molecule has 1 amide bonds. The molecule has 4 nitrogen and oxygen atoms in total. The van der Waals surface area contributed by atoms with E-state index in [0.717, 1.165) is 17.8 Å². The maximum absolute atomic E-state index is 13.8. The van der Waals surface area contributed by atoms with Crippen molar-refractivity contribution in [2.45, 2.75) is 88.9 Å². The fraction of sp³-hybridized carbons (Fsp3) is 0.957. The number of hydrogen-bond donors (Lipinski definition) is 2. The van der Waals surface area contributed by atoms with Crippen LogP contribution in [0.25, 0.3) is 0 Å². The molecule has 2 heterocycles. The van der Waals surface area contributed by atoms with Gasteiger partial charge in [-0.3, -0.25) is 15.0 Å². The maximum atomic E-state index is 13.8. The summed E-state index contributed by atoms with van der Waals surface area (Å²) >= 11 is 0. The van der Waals surface area contributed by atoms with E-state index < -0.39 is 0 Å².